The fraction of sp³-hybridized carbons (Fsp3) is 0.258. The highest BCUT2D eigenvalue weighted by Gasteiger charge is 2.71. The predicted molar refractivity (Wildman–Crippen MR) is 147 cm³/mol. The van der Waals surface area contributed by atoms with Gasteiger partial charge in [0.15, 0.2) is 17.3 Å². The van der Waals surface area contributed by atoms with Gasteiger partial charge in [-0.25, -0.2) is 0 Å². The van der Waals surface area contributed by atoms with E-state index in [1.54, 1.807) is 42.5 Å². The van der Waals surface area contributed by atoms with Crippen LogP contribution < -0.4 is 4.90 Å². The van der Waals surface area contributed by atoms with Gasteiger partial charge in [-0.2, -0.15) is 0 Å². The second-order valence-electron chi connectivity index (χ2n) is 11.1. The molecule has 4 nitrogen and oxygen atoms in total. The van der Waals surface area contributed by atoms with Gasteiger partial charge in [-0.15, -0.1) is 0 Å². The summed E-state index contributed by atoms with van der Waals surface area (Å²) in [5.74, 6) is -1.30. The summed E-state index contributed by atoms with van der Waals surface area (Å²) >= 11 is 12.8. The lowest BCUT2D eigenvalue weighted by Gasteiger charge is -2.38. The summed E-state index contributed by atoms with van der Waals surface area (Å²) in [6.45, 7) is 5.62. The molecule has 6 rings (SSSR count). The average molecular weight is 530 g/mol. The Morgan fingerprint density at radius 2 is 1.51 bits per heavy atom. The van der Waals surface area contributed by atoms with Crippen LogP contribution in [0.15, 0.2) is 72.8 Å². The van der Waals surface area contributed by atoms with Crippen LogP contribution in [0, 0.1) is 10.8 Å². The van der Waals surface area contributed by atoms with Crippen LogP contribution in [0.5, 0.6) is 0 Å². The molecule has 2 aliphatic heterocycles. The van der Waals surface area contributed by atoms with Crippen molar-refractivity contribution in [2.75, 3.05) is 4.90 Å². The third kappa shape index (κ3) is 3.25. The molecule has 0 N–H and O–H groups in total. The van der Waals surface area contributed by atoms with Gasteiger partial charge in [-0.05, 0) is 41.5 Å². The summed E-state index contributed by atoms with van der Waals surface area (Å²) in [5.41, 5.74) is 0.865. The van der Waals surface area contributed by atoms with E-state index in [0.29, 0.717) is 26.7 Å². The molecule has 1 fully saturated rings. The standard InChI is InChI=1S/C31H25Cl2NO3/c1-30(2,3)29(37)26-25(18-7-6-8-19(32)16-18)31(27(35)21-9-4-5-10-22(21)28(31)36)24-14-11-17-15-20(33)12-13-23(17)34(24)26/h4-16,24-26H,1-3H3/t24?,25-,26+/m0/s1. The summed E-state index contributed by atoms with van der Waals surface area (Å²) in [7, 11) is 0. The fourth-order valence-corrected chi connectivity index (χ4v) is 6.84. The third-order valence-electron chi connectivity index (χ3n) is 7.98. The molecule has 1 unspecified atom stereocenters. The molecule has 6 heteroatoms. The Hall–Kier alpha value is -3.21. The van der Waals surface area contributed by atoms with Crippen LogP contribution in [0.25, 0.3) is 6.08 Å². The molecule has 1 aliphatic carbocycles. The van der Waals surface area contributed by atoms with Crippen molar-refractivity contribution in [3.05, 3.63) is 105 Å². The molecule has 37 heavy (non-hydrogen) atoms. The van der Waals surface area contributed by atoms with E-state index in [1.165, 1.54) is 0 Å². The first-order valence-corrected chi connectivity index (χ1v) is 13.1. The van der Waals surface area contributed by atoms with E-state index < -0.39 is 28.8 Å². The Kier molecular flexibility index (Phi) is 5.31. The number of carbonyl (C=O) groups is 3. The second kappa shape index (κ2) is 8.14. The number of hydrogen-bond acceptors (Lipinski definition) is 4. The van der Waals surface area contributed by atoms with E-state index >= 15 is 0 Å². The van der Waals surface area contributed by atoms with Crippen molar-refractivity contribution < 1.29 is 14.4 Å². The normalized spacial score (nSPS) is 23.3. The number of halogens is 2. The Morgan fingerprint density at radius 3 is 2.14 bits per heavy atom. The van der Waals surface area contributed by atoms with Crippen molar-refractivity contribution in [2.45, 2.75) is 38.8 Å². The molecule has 3 aromatic rings. The molecule has 0 aromatic heterocycles. The molecule has 0 bridgehead atoms. The minimum absolute atomic E-state index is 0.0490. The van der Waals surface area contributed by atoms with Gasteiger partial charge in [0.1, 0.15) is 5.41 Å². The van der Waals surface area contributed by atoms with Crippen molar-refractivity contribution in [1.29, 1.82) is 0 Å². The van der Waals surface area contributed by atoms with Gasteiger partial charge in [-0.3, -0.25) is 14.4 Å². The Morgan fingerprint density at radius 1 is 0.865 bits per heavy atom. The largest absolute Gasteiger partial charge is 0.352 e. The SMILES string of the molecule is CC(C)(C)C(=O)[C@H]1[C@H](c2cccc(Cl)c2)C2(C(=O)c3ccccc3C2=O)C2C=Cc3cc(Cl)ccc3N21. The van der Waals surface area contributed by atoms with Gasteiger partial charge in [0.2, 0.25) is 0 Å². The van der Waals surface area contributed by atoms with Crippen LogP contribution in [0.3, 0.4) is 0 Å². The maximum atomic E-state index is 14.5. The van der Waals surface area contributed by atoms with E-state index in [0.717, 1.165) is 11.3 Å². The minimum Gasteiger partial charge on any atom is -0.352 e. The summed E-state index contributed by atoms with van der Waals surface area (Å²) in [6, 6.07) is 18.2. The van der Waals surface area contributed by atoms with Gasteiger partial charge in [-0.1, -0.05) is 92.5 Å². The van der Waals surface area contributed by atoms with Crippen LogP contribution in [0.4, 0.5) is 5.69 Å². The Labute approximate surface area is 225 Å². The van der Waals surface area contributed by atoms with Gasteiger partial charge in [0.05, 0.1) is 12.1 Å². The molecule has 0 radical (unpaired) electrons. The lowest BCUT2D eigenvalue weighted by Crippen LogP contribution is -2.49. The quantitative estimate of drug-likeness (QED) is 0.334. The number of ketones is 3. The highest BCUT2D eigenvalue weighted by Crippen LogP contribution is 2.61. The number of anilines is 1. The molecule has 3 aromatic carbocycles. The van der Waals surface area contributed by atoms with Crippen LogP contribution in [-0.2, 0) is 4.79 Å². The predicted octanol–water partition coefficient (Wildman–Crippen LogP) is 7.04. The van der Waals surface area contributed by atoms with Crippen LogP contribution >= 0.6 is 23.2 Å². The highest BCUT2D eigenvalue weighted by atomic mass is 35.5. The molecule has 2 heterocycles. The molecule has 0 saturated carbocycles. The molecule has 1 saturated heterocycles. The van der Waals surface area contributed by atoms with Crippen LogP contribution in [0.1, 0.15) is 58.5 Å². The highest BCUT2D eigenvalue weighted by molar-refractivity contribution is 6.33. The minimum atomic E-state index is -1.52. The average Bonchev–Trinajstić information content (AvgIpc) is 3.29. The zero-order valence-corrected chi connectivity index (χ0v) is 22.2. The number of carbonyl (C=O) groups excluding carboxylic acids is 3. The van der Waals surface area contributed by atoms with Crippen molar-refractivity contribution in [1.82, 2.24) is 0 Å². The fourth-order valence-electron chi connectivity index (χ4n) is 6.46. The number of hydrogen-bond donors (Lipinski definition) is 0. The Bertz CT molecular complexity index is 1500. The molecule has 3 aliphatic rings. The van der Waals surface area contributed by atoms with Crippen LogP contribution in [-0.4, -0.2) is 29.4 Å². The van der Waals surface area contributed by atoms with E-state index in [-0.39, 0.29) is 17.3 Å². The molecule has 3 atom stereocenters. The van der Waals surface area contributed by atoms with Crippen molar-refractivity contribution in [3.63, 3.8) is 0 Å². The second-order valence-corrected chi connectivity index (χ2v) is 12.0. The lowest BCUT2D eigenvalue weighted by atomic mass is 9.63. The number of Topliss-reactive ketones (excluding diaryl/α,β-unsaturated/α-hetero) is 3. The molecular formula is C31H25Cl2NO3. The van der Waals surface area contributed by atoms with Gasteiger partial charge >= 0.3 is 0 Å². The van der Waals surface area contributed by atoms with E-state index in [1.807, 2.05) is 62.1 Å². The van der Waals surface area contributed by atoms with E-state index in [2.05, 4.69) is 0 Å². The van der Waals surface area contributed by atoms with Gasteiger partial charge < -0.3 is 4.90 Å². The lowest BCUT2D eigenvalue weighted by molar-refractivity contribution is -0.127. The van der Waals surface area contributed by atoms with Gasteiger partial charge in [0, 0.05) is 38.2 Å². The smallest absolute Gasteiger partial charge is 0.180 e. The monoisotopic (exact) mass is 529 g/mol. The first-order chi connectivity index (χ1) is 17.6. The Balaban J connectivity index is 1.71. The number of fused-ring (bicyclic) bond motifs is 5. The number of rotatable bonds is 2. The summed E-state index contributed by atoms with van der Waals surface area (Å²) < 4.78 is 0. The number of benzene rings is 3. The maximum absolute atomic E-state index is 14.5. The molecule has 1 spiro atoms. The molecular weight excluding hydrogens is 505 g/mol. The number of nitrogens with zero attached hydrogens (tertiary/aromatic N) is 1. The molecule has 186 valence electrons. The van der Waals surface area contributed by atoms with E-state index in [9.17, 15) is 14.4 Å². The van der Waals surface area contributed by atoms with Crippen molar-refractivity contribution in [3.8, 4) is 0 Å². The summed E-state index contributed by atoms with van der Waals surface area (Å²) in [4.78, 5) is 45.3. The molecule has 0 amide bonds. The van der Waals surface area contributed by atoms with Gasteiger partial charge in [0.25, 0.3) is 0 Å². The topological polar surface area (TPSA) is 54.5 Å². The summed E-state index contributed by atoms with van der Waals surface area (Å²) in [5, 5.41) is 1.05. The van der Waals surface area contributed by atoms with Crippen molar-refractivity contribution >= 4 is 52.3 Å². The maximum Gasteiger partial charge on any atom is 0.180 e. The zero-order valence-electron chi connectivity index (χ0n) is 20.7. The van der Waals surface area contributed by atoms with Crippen LogP contribution in [0.2, 0.25) is 10.0 Å². The van der Waals surface area contributed by atoms with E-state index in [4.69, 9.17) is 23.2 Å². The zero-order chi connectivity index (χ0) is 26.3. The first kappa shape index (κ1) is 24.1. The van der Waals surface area contributed by atoms with Crippen molar-refractivity contribution in [2.24, 2.45) is 10.8 Å². The summed E-state index contributed by atoms with van der Waals surface area (Å²) in [6.07, 6.45) is 3.81. The third-order valence-corrected chi connectivity index (χ3v) is 8.45. The first-order valence-electron chi connectivity index (χ1n) is 12.3.